The number of thioether (sulfide) groups is 1. The van der Waals surface area contributed by atoms with Gasteiger partial charge in [-0.15, -0.1) is 0 Å². The van der Waals surface area contributed by atoms with Crippen LogP contribution in [0.25, 0.3) is 0 Å². The lowest BCUT2D eigenvalue weighted by atomic mass is 9.92. The van der Waals surface area contributed by atoms with Crippen LogP contribution in [0.3, 0.4) is 0 Å². The number of aryl methyl sites for hydroxylation is 1. The van der Waals surface area contributed by atoms with Gasteiger partial charge in [-0.25, -0.2) is 0 Å². The first-order valence-corrected chi connectivity index (χ1v) is 6.72. The molecule has 0 radical (unpaired) electrons. The second-order valence-electron chi connectivity index (χ2n) is 4.64. The Labute approximate surface area is 100 Å². The van der Waals surface area contributed by atoms with Crippen molar-refractivity contribution in [3.8, 4) is 11.5 Å². The summed E-state index contributed by atoms with van der Waals surface area (Å²) in [6, 6.07) is 4.30. The van der Waals surface area contributed by atoms with Crippen LogP contribution in [0, 0.1) is 6.92 Å². The minimum absolute atomic E-state index is 0.292. The third-order valence-corrected chi connectivity index (χ3v) is 4.93. The van der Waals surface area contributed by atoms with Crippen molar-refractivity contribution in [2.24, 2.45) is 0 Å². The zero-order chi connectivity index (χ0) is 11.2. The SMILES string of the molecule is Cc1cc2c(cc1C1(C)CCS1)OCCO2. The highest BCUT2D eigenvalue weighted by Crippen LogP contribution is 2.51. The van der Waals surface area contributed by atoms with Crippen LogP contribution in [-0.4, -0.2) is 19.0 Å². The first-order valence-electron chi connectivity index (χ1n) is 5.74. The summed E-state index contributed by atoms with van der Waals surface area (Å²) in [4.78, 5) is 0. The highest BCUT2D eigenvalue weighted by atomic mass is 32.2. The Balaban J connectivity index is 2.05. The van der Waals surface area contributed by atoms with E-state index in [-0.39, 0.29) is 0 Å². The van der Waals surface area contributed by atoms with Crippen molar-refractivity contribution >= 4 is 11.8 Å². The second-order valence-corrected chi connectivity index (χ2v) is 6.24. The molecule has 1 aromatic carbocycles. The van der Waals surface area contributed by atoms with Crippen molar-refractivity contribution in [3.05, 3.63) is 23.3 Å². The topological polar surface area (TPSA) is 18.5 Å². The lowest BCUT2D eigenvalue weighted by Gasteiger charge is -2.39. The Morgan fingerprint density at radius 1 is 1.19 bits per heavy atom. The molecule has 1 saturated heterocycles. The van der Waals surface area contributed by atoms with Gasteiger partial charge in [0.1, 0.15) is 13.2 Å². The molecule has 2 aliphatic rings. The quantitative estimate of drug-likeness (QED) is 0.746. The van der Waals surface area contributed by atoms with Gasteiger partial charge >= 0.3 is 0 Å². The molecule has 1 atom stereocenters. The smallest absolute Gasteiger partial charge is 0.161 e. The Hall–Kier alpha value is -0.830. The Kier molecular flexibility index (Phi) is 2.32. The number of benzene rings is 1. The van der Waals surface area contributed by atoms with Crippen molar-refractivity contribution in [2.75, 3.05) is 19.0 Å². The minimum atomic E-state index is 0.292. The predicted molar refractivity (Wildman–Crippen MR) is 66.6 cm³/mol. The highest BCUT2D eigenvalue weighted by Gasteiger charge is 2.36. The van der Waals surface area contributed by atoms with Gasteiger partial charge in [0.25, 0.3) is 0 Å². The average molecular weight is 236 g/mol. The van der Waals surface area contributed by atoms with E-state index in [0.717, 1.165) is 11.5 Å². The maximum Gasteiger partial charge on any atom is 0.161 e. The summed E-state index contributed by atoms with van der Waals surface area (Å²) in [6.45, 7) is 5.81. The van der Waals surface area contributed by atoms with Gasteiger partial charge in [-0.1, -0.05) is 0 Å². The first kappa shape index (κ1) is 10.3. The molecule has 2 aliphatic heterocycles. The second kappa shape index (κ2) is 3.59. The van der Waals surface area contributed by atoms with Gasteiger partial charge in [0, 0.05) is 4.75 Å². The van der Waals surface area contributed by atoms with Crippen molar-refractivity contribution in [1.29, 1.82) is 0 Å². The molecule has 3 rings (SSSR count). The largest absolute Gasteiger partial charge is 0.486 e. The van der Waals surface area contributed by atoms with E-state index in [1.807, 2.05) is 11.8 Å². The molecular weight excluding hydrogens is 220 g/mol. The molecule has 0 N–H and O–H groups in total. The van der Waals surface area contributed by atoms with Crippen LogP contribution in [0.15, 0.2) is 12.1 Å². The van der Waals surface area contributed by atoms with Crippen LogP contribution >= 0.6 is 11.8 Å². The van der Waals surface area contributed by atoms with Gasteiger partial charge in [0.15, 0.2) is 11.5 Å². The van der Waals surface area contributed by atoms with E-state index < -0.39 is 0 Å². The van der Waals surface area contributed by atoms with Crippen LogP contribution in [0.1, 0.15) is 24.5 Å². The van der Waals surface area contributed by atoms with Gasteiger partial charge in [0.2, 0.25) is 0 Å². The molecule has 1 fully saturated rings. The highest BCUT2D eigenvalue weighted by molar-refractivity contribution is 8.01. The van der Waals surface area contributed by atoms with Gasteiger partial charge in [-0.05, 0) is 49.3 Å². The molecule has 0 amide bonds. The Morgan fingerprint density at radius 2 is 1.81 bits per heavy atom. The van der Waals surface area contributed by atoms with E-state index >= 15 is 0 Å². The maximum absolute atomic E-state index is 5.65. The summed E-state index contributed by atoms with van der Waals surface area (Å²) < 4.78 is 11.5. The summed E-state index contributed by atoms with van der Waals surface area (Å²) in [5, 5.41) is 0. The lowest BCUT2D eigenvalue weighted by molar-refractivity contribution is 0.171. The van der Waals surface area contributed by atoms with E-state index in [2.05, 4.69) is 26.0 Å². The molecule has 0 bridgehead atoms. The standard InChI is InChI=1S/C13H16O2S/c1-9-7-11-12(15-5-4-14-11)8-10(9)13(2)3-6-16-13/h7-8H,3-6H2,1-2H3. The summed E-state index contributed by atoms with van der Waals surface area (Å²) in [6.07, 6.45) is 1.26. The number of fused-ring (bicyclic) bond motifs is 1. The van der Waals surface area contributed by atoms with E-state index in [4.69, 9.17) is 9.47 Å². The third kappa shape index (κ3) is 1.49. The normalized spacial score (nSPS) is 27.4. The zero-order valence-electron chi connectivity index (χ0n) is 9.71. The van der Waals surface area contributed by atoms with Crippen LogP contribution in [0.4, 0.5) is 0 Å². The van der Waals surface area contributed by atoms with E-state index in [0.29, 0.717) is 18.0 Å². The fraction of sp³-hybridized carbons (Fsp3) is 0.538. The van der Waals surface area contributed by atoms with Gasteiger partial charge in [-0.3, -0.25) is 0 Å². The van der Waals surface area contributed by atoms with Crippen LogP contribution in [-0.2, 0) is 4.75 Å². The third-order valence-electron chi connectivity index (χ3n) is 3.46. The molecule has 0 saturated carbocycles. The molecule has 1 aromatic rings. The van der Waals surface area contributed by atoms with Crippen molar-refractivity contribution in [1.82, 2.24) is 0 Å². The zero-order valence-corrected chi connectivity index (χ0v) is 10.5. The molecule has 0 aromatic heterocycles. The first-order chi connectivity index (χ1) is 7.69. The maximum atomic E-state index is 5.65. The van der Waals surface area contributed by atoms with E-state index in [1.54, 1.807) is 0 Å². The monoisotopic (exact) mass is 236 g/mol. The van der Waals surface area contributed by atoms with E-state index in [9.17, 15) is 0 Å². The summed E-state index contributed by atoms with van der Waals surface area (Å²) >= 11 is 2.03. The Morgan fingerprint density at radius 3 is 2.38 bits per heavy atom. The van der Waals surface area contributed by atoms with Gasteiger partial charge in [-0.2, -0.15) is 11.8 Å². The number of hydrogen-bond donors (Lipinski definition) is 0. The molecular formula is C13H16O2S. The summed E-state index contributed by atoms with van der Waals surface area (Å²) in [7, 11) is 0. The van der Waals surface area contributed by atoms with Crippen LogP contribution in [0.5, 0.6) is 11.5 Å². The fourth-order valence-corrected chi connectivity index (χ4v) is 3.57. The van der Waals surface area contributed by atoms with Gasteiger partial charge in [0.05, 0.1) is 0 Å². The van der Waals surface area contributed by atoms with Crippen molar-refractivity contribution in [3.63, 3.8) is 0 Å². The molecule has 2 nitrogen and oxygen atoms in total. The summed E-state index contributed by atoms with van der Waals surface area (Å²) in [5.41, 5.74) is 2.73. The Bertz CT molecular complexity index is 424. The predicted octanol–water partition coefficient (Wildman–Crippen LogP) is 3.12. The lowest BCUT2D eigenvalue weighted by Crippen LogP contribution is -2.29. The number of hydrogen-bond acceptors (Lipinski definition) is 3. The molecule has 2 heterocycles. The molecule has 1 unspecified atom stereocenters. The molecule has 0 aliphatic carbocycles. The summed E-state index contributed by atoms with van der Waals surface area (Å²) in [5.74, 6) is 3.09. The molecule has 16 heavy (non-hydrogen) atoms. The molecule has 86 valence electrons. The minimum Gasteiger partial charge on any atom is -0.486 e. The molecule has 3 heteroatoms. The molecule has 0 spiro atoms. The van der Waals surface area contributed by atoms with E-state index in [1.165, 1.54) is 23.3 Å². The average Bonchev–Trinajstić information content (AvgIpc) is 2.25. The number of rotatable bonds is 1. The fourth-order valence-electron chi connectivity index (χ4n) is 2.38. The van der Waals surface area contributed by atoms with Crippen molar-refractivity contribution < 1.29 is 9.47 Å². The van der Waals surface area contributed by atoms with Crippen LogP contribution in [0.2, 0.25) is 0 Å². The number of ether oxygens (including phenoxy) is 2. The van der Waals surface area contributed by atoms with Crippen molar-refractivity contribution in [2.45, 2.75) is 25.0 Å². The van der Waals surface area contributed by atoms with Crippen LogP contribution < -0.4 is 9.47 Å². The van der Waals surface area contributed by atoms with Gasteiger partial charge < -0.3 is 9.47 Å².